The van der Waals surface area contributed by atoms with E-state index in [2.05, 4.69) is 11.8 Å². The molecular weight excluding hydrogens is 335 g/mol. The maximum atomic E-state index is 12.8. The fraction of sp³-hybridized carbons (Fsp3) is 0.389. The number of allylic oxidation sites excluding steroid dienone is 3. The lowest BCUT2D eigenvalue weighted by Gasteiger charge is -2.21. The van der Waals surface area contributed by atoms with E-state index in [9.17, 15) is 18.0 Å². The summed E-state index contributed by atoms with van der Waals surface area (Å²) >= 11 is 1.49. The van der Waals surface area contributed by atoms with Crippen molar-refractivity contribution in [1.29, 1.82) is 0 Å². The monoisotopic (exact) mass is 355 g/mol. The number of ketones is 1. The van der Waals surface area contributed by atoms with E-state index in [-0.39, 0.29) is 5.56 Å². The summed E-state index contributed by atoms with van der Waals surface area (Å²) in [5.74, 6) is -0.410. The van der Waals surface area contributed by atoms with Gasteiger partial charge in [-0.15, -0.1) is 0 Å². The number of carbonyl (C=O) groups is 1. The molecule has 0 radical (unpaired) electrons. The van der Waals surface area contributed by atoms with Crippen molar-refractivity contribution in [3.8, 4) is 0 Å². The van der Waals surface area contributed by atoms with Crippen LogP contribution in [0.4, 0.5) is 13.2 Å². The summed E-state index contributed by atoms with van der Waals surface area (Å²) in [6, 6.07) is 4.55. The SMILES string of the molecule is CCCCN1C(=CC(=O)c2cccc(C(F)(F)F)c2)SC(C)=C1C. The van der Waals surface area contributed by atoms with Gasteiger partial charge in [-0.25, -0.2) is 0 Å². The number of rotatable bonds is 5. The zero-order valence-electron chi connectivity index (χ0n) is 13.9. The molecule has 0 saturated heterocycles. The average Bonchev–Trinajstić information content (AvgIpc) is 2.79. The number of carbonyl (C=O) groups excluding carboxylic acids is 1. The minimum atomic E-state index is -4.45. The number of benzene rings is 1. The minimum Gasteiger partial charge on any atom is -0.339 e. The Balaban J connectivity index is 2.26. The molecule has 0 unspecified atom stereocenters. The van der Waals surface area contributed by atoms with Crippen LogP contribution in [0.1, 0.15) is 49.5 Å². The Labute approximate surface area is 144 Å². The molecule has 130 valence electrons. The molecule has 0 spiro atoms. The Morgan fingerprint density at radius 1 is 1.29 bits per heavy atom. The van der Waals surface area contributed by atoms with E-state index in [0.29, 0.717) is 0 Å². The first-order valence-corrected chi connectivity index (χ1v) is 8.62. The van der Waals surface area contributed by atoms with E-state index >= 15 is 0 Å². The molecule has 6 heteroatoms. The van der Waals surface area contributed by atoms with Gasteiger partial charge in [0.25, 0.3) is 0 Å². The van der Waals surface area contributed by atoms with Crippen molar-refractivity contribution in [1.82, 2.24) is 4.90 Å². The maximum Gasteiger partial charge on any atom is 0.416 e. The molecule has 0 bridgehead atoms. The average molecular weight is 355 g/mol. The molecule has 1 aliphatic rings. The third-order valence-corrected chi connectivity index (χ3v) is 5.05. The fourth-order valence-electron chi connectivity index (χ4n) is 2.39. The smallest absolute Gasteiger partial charge is 0.339 e. The van der Waals surface area contributed by atoms with Crippen molar-refractivity contribution >= 4 is 17.5 Å². The Bertz CT molecular complexity index is 692. The topological polar surface area (TPSA) is 20.3 Å². The first-order chi connectivity index (χ1) is 11.2. The lowest BCUT2D eigenvalue weighted by atomic mass is 10.1. The van der Waals surface area contributed by atoms with Crippen molar-refractivity contribution in [2.24, 2.45) is 0 Å². The van der Waals surface area contributed by atoms with Gasteiger partial charge in [0.1, 0.15) is 0 Å². The van der Waals surface area contributed by atoms with Crippen molar-refractivity contribution in [3.63, 3.8) is 0 Å². The molecule has 1 aromatic carbocycles. The van der Waals surface area contributed by atoms with E-state index in [1.165, 1.54) is 30.0 Å². The Morgan fingerprint density at radius 2 is 2.00 bits per heavy atom. The predicted molar refractivity (Wildman–Crippen MR) is 91.4 cm³/mol. The van der Waals surface area contributed by atoms with Crippen LogP contribution in [0.15, 0.2) is 46.0 Å². The molecule has 1 heterocycles. The molecule has 0 aromatic heterocycles. The first kappa shape index (κ1) is 18.6. The molecule has 0 saturated carbocycles. The number of hydrogen-bond acceptors (Lipinski definition) is 3. The zero-order valence-corrected chi connectivity index (χ0v) is 14.7. The molecule has 0 atom stereocenters. The normalized spacial score (nSPS) is 17.1. The van der Waals surface area contributed by atoms with Crippen molar-refractivity contribution in [3.05, 3.63) is 57.1 Å². The number of alkyl halides is 3. The highest BCUT2D eigenvalue weighted by molar-refractivity contribution is 8.06. The van der Waals surface area contributed by atoms with E-state index in [0.717, 1.165) is 47.2 Å². The maximum absolute atomic E-state index is 12.8. The number of thioether (sulfide) groups is 1. The number of halogens is 3. The Kier molecular flexibility index (Phi) is 5.80. The zero-order chi connectivity index (χ0) is 17.9. The van der Waals surface area contributed by atoms with Gasteiger partial charge < -0.3 is 4.90 Å². The lowest BCUT2D eigenvalue weighted by molar-refractivity contribution is -0.137. The van der Waals surface area contributed by atoms with Gasteiger partial charge in [0.2, 0.25) is 0 Å². The second kappa shape index (κ2) is 7.47. The van der Waals surface area contributed by atoms with Crippen LogP contribution in [-0.4, -0.2) is 17.2 Å². The molecule has 1 aromatic rings. The van der Waals surface area contributed by atoms with Gasteiger partial charge in [-0.2, -0.15) is 13.2 Å². The minimum absolute atomic E-state index is 0.0515. The van der Waals surface area contributed by atoms with Crippen molar-refractivity contribution in [2.75, 3.05) is 6.54 Å². The van der Waals surface area contributed by atoms with Crippen LogP contribution in [0.25, 0.3) is 0 Å². The fourth-order valence-corrected chi connectivity index (χ4v) is 3.46. The van der Waals surface area contributed by atoms with E-state index < -0.39 is 17.5 Å². The summed E-state index contributed by atoms with van der Waals surface area (Å²) in [5, 5.41) is 0.779. The van der Waals surface area contributed by atoms with Crippen LogP contribution in [0, 0.1) is 0 Å². The molecule has 2 nitrogen and oxygen atoms in total. The molecule has 24 heavy (non-hydrogen) atoms. The van der Waals surface area contributed by atoms with Crippen LogP contribution in [0.5, 0.6) is 0 Å². The quantitative estimate of drug-likeness (QED) is 0.489. The van der Waals surface area contributed by atoms with Gasteiger partial charge in [-0.05, 0) is 32.4 Å². The molecule has 0 N–H and O–H groups in total. The van der Waals surface area contributed by atoms with Crippen molar-refractivity contribution < 1.29 is 18.0 Å². The summed E-state index contributed by atoms with van der Waals surface area (Å²) in [6.07, 6.45) is -0.994. The highest BCUT2D eigenvalue weighted by Gasteiger charge is 2.31. The van der Waals surface area contributed by atoms with Gasteiger partial charge >= 0.3 is 6.18 Å². The second-order valence-electron chi connectivity index (χ2n) is 5.67. The molecule has 2 rings (SSSR count). The van der Waals surface area contributed by atoms with Crippen LogP contribution >= 0.6 is 11.8 Å². The third-order valence-electron chi connectivity index (χ3n) is 3.90. The van der Waals surface area contributed by atoms with E-state index in [1.54, 1.807) is 0 Å². The summed E-state index contributed by atoms with van der Waals surface area (Å²) in [6.45, 7) is 6.86. The van der Waals surface area contributed by atoms with Crippen LogP contribution in [-0.2, 0) is 6.18 Å². The number of unbranched alkanes of at least 4 members (excludes halogenated alkanes) is 1. The van der Waals surface area contributed by atoms with Crippen LogP contribution in [0.2, 0.25) is 0 Å². The van der Waals surface area contributed by atoms with Gasteiger partial charge in [-0.1, -0.05) is 37.2 Å². The van der Waals surface area contributed by atoms with Gasteiger partial charge in [-0.3, -0.25) is 4.79 Å². The van der Waals surface area contributed by atoms with Gasteiger partial charge in [0, 0.05) is 28.8 Å². The molecule has 1 aliphatic heterocycles. The van der Waals surface area contributed by atoms with Gasteiger partial charge in [0.05, 0.1) is 10.6 Å². The number of hydrogen-bond donors (Lipinski definition) is 0. The lowest BCUT2D eigenvalue weighted by Crippen LogP contribution is -2.18. The van der Waals surface area contributed by atoms with Crippen LogP contribution < -0.4 is 0 Å². The number of nitrogens with zero attached hydrogens (tertiary/aromatic N) is 1. The van der Waals surface area contributed by atoms with E-state index in [1.807, 2.05) is 13.8 Å². The summed E-state index contributed by atoms with van der Waals surface area (Å²) in [5.41, 5.74) is 0.339. The molecule has 0 fully saturated rings. The molecule has 0 aliphatic carbocycles. The standard InChI is InChI=1S/C18H20F3NOS/c1-4-5-9-22-12(2)13(3)24-17(22)11-16(23)14-7-6-8-15(10-14)18(19,20)21/h6-8,10-11H,4-5,9H2,1-3H3. The second-order valence-corrected chi connectivity index (χ2v) is 6.91. The first-order valence-electron chi connectivity index (χ1n) is 7.80. The molecular formula is C18H20F3NOS. The summed E-state index contributed by atoms with van der Waals surface area (Å²) in [4.78, 5) is 15.6. The highest BCUT2D eigenvalue weighted by Crippen LogP contribution is 2.41. The van der Waals surface area contributed by atoms with E-state index in [4.69, 9.17) is 0 Å². The summed E-state index contributed by atoms with van der Waals surface area (Å²) < 4.78 is 38.4. The predicted octanol–water partition coefficient (Wildman–Crippen LogP) is 5.83. The highest BCUT2D eigenvalue weighted by atomic mass is 32.2. The van der Waals surface area contributed by atoms with Crippen LogP contribution in [0.3, 0.4) is 0 Å². The Morgan fingerprint density at radius 3 is 2.62 bits per heavy atom. The van der Waals surface area contributed by atoms with Gasteiger partial charge in [0.15, 0.2) is 5.78 Å². The van der Waals surface area contributed by atoms with Crippen molar-refractivity contribution in [2.45, 2.75) is 39.8 Å². The largest absolute Gasteiger partial charge is 0.416 e. The third kappa shape index (κ3) is 4.23. The molecule has 0 amide bonds. The summed E-state index contributed by atoms with van der Waals surface area (Å²) in [7, 11) is 0. The Hall–Kier alpha value is -1.69.